The average molecular weight is 338 g/mol. The lowest BCUT2D eigenvalue weighted by Gasteiger charge is -2.23. The highest BCUT2D eigenvalue weighted by Gasteiger charge is 2.57. The van der Waals surface area contributed by atoms with Gasteiger partial charge in [-0.1, -0.05) is 6.07 Å². The van der Waals surface area contributed by atoms with E-state index < -0.39 is 0 Å². The summed E-state index contributed by atoms with van der Waals surface area (Å²) in [7, 11) is 3.44. The molecule has 6 heteroatoms. The number of hydrogen-bond donors (Lipinski definition) is 2. The molecule has 1 aliphatic heterocycles. The molecule has 1 atom stereocenters. The van der Waals surface area contributed by atoms with Crippen molar-refractivity contribution in [3.63, 3.8) is 0 Å². The van der Waals surface area contributed by atoms with E-state index in [1.807, 2.05) is 6.07 Å². The van der Waals surface area contributed by atoms with Crippen LogP contribution in [0, 0.1) is 11.3 Å². The molecule has 5 nitrogen and oxygen atoms in total. The smallest absolute Gasteiger partial charge is 0.253 e. The van der Waals surface area contributed by atoms with Crippen molar-refractivity contribution < 1.29 is 9.59 Å². The maximum Gasteiger partial charge on any atom is 0.253 e. The van der Waals surface area contributed by atoms with Crippen molar-refractivity contribution in [3.8, 4) is 0 Å². The van der Waals surface area contributed by atoms with Crippen LogP contribution in [0.4, 0.5) is 5.69 Å². The number of halogens is 1. The van der Waals surface area contributed by atoms with E-state index in [1.54, 1.807) is 32.3 Å². The van der Waals surface area contributed by atoms with Gasteiger partial charge in [-0.05, 0) is 56.0 Å². The van der Waals surface area contributed by atoms with Crippen molar-refractivity contribution in [2.45, 2.75) is 19.3 Å². The second kappa shape index (κ2) is 6.89. The zero-order chi connectivity index (χ0) is 15.7. The number of amides is 2. The van der Waals surface area contributed by atoms with Crippen LogP contribution in [-0.2, 0) is 4.79 Å². The SMILES string of the molecule is CN(C)C(=O)c1cccc(NC(=O)C2CC23CCNCC3)c1.Cl. The van der Waals surface area contributed by atoms with Gasteiger partial charge in [-0.25, -0.2) is 0 Å². The van der Waals surface area contributed by atoms with E-state index in [9.17, 15) is 9.59 Å². The third kappa shape index (κ3) is 3.67. The van der Waals surface area contributed by atoms with E-state index in [-0.39, 0.29) is 35.6 Å². The van der Waals surface area contributed by atoms with Gasteiger partial charge in [0.25, 0.3) is 5.91 Å². The second-order valence-corrected chi connectivity index (χ2v) is 6.64. The zero-order valence-electron chi connectivity index (χ0n) is 13.6. The lowest BCUT2D eigenvalue weighted by Crippen LogP contribution is -2.31. The minimum Gasteiger partial charge on any atom is -0.345 e. The van der Waals surface area contributed by atoms with Crippen LogP contribution >= 0.6 is 12.4 Å². The summed E-state index contributed by atoms with van der Waals surface area (Å²) < 4.78 is 0. The Bertz CT molecular complexity index is 597. The molecule has 0 bridgehead atoms. The quantitative estimate of drug-likeness (QED) is 0.888. The lowest BCUT2D eigenvalue weighted by atomic mass is 9.92. The number of carbonyl (C=O) groups is 2. The first-order chi connectivity index (χ1) is 10.5. The number of nitrogens with one attached hydrogen (secondary N) is 2. The standard InChI is InChI=1S/C17H23N3O2.ClH/c1-20(2)16(22)12-4-3-5-13(10-12)19-15(21)14-11-17(14)6-8-18-9-7-17;/h3-5,10,14,18H,6-9,11H2,1-2H3,(H,19,21);1H. The van der Waals surface area contributed by atoms with Crippen molar-refractivity contribution >= 4 is 29.9 Å². The van der Waals surface area contributed by atoms with Gasteiger partial charge < -0.3 is 15.5 Å². The molecule has 1 heterocycles. The number of rotatable bonds is 3. The molecule has 2 amide bonds. The van der Waals surface area contributed by atoms with Crippen molar-refractivity contribution in [3.05, 3.63) is 29.8 Å². The molecule has 1 unspecified atom stereocenters. The summed E-state index contributed by atoms with van der Waals surface area (Å²) in [6.07, 6.45) is 3.17. The number of piperidine rings is 1. The van der Waals surface area contributed by atoms with Gasteiger partial charge in [-0.2, -0.15) is 0 Å². The monoisotopic (exact) mass is 337 g/mol. The number of nitrogens with zero attached hydrogens (tertiary/aromatic N) is 1. The number of carbonyl (C=O) groups excluding carboxylic acids is 2. The molecule has 1 saturated heterocycles. The molecular formula is C17H24ClN3O2. The minimum atomic E-state index is -0.0580. The highest BCUT2D eigenvalue weighted by atomic mass is 35.5. The second-order valence-electron chi connectivity index (χ2n) is 6.64. The van der Waals surface area contributed by atoms with Crippen molar-refractivity contribution in [1.29, 1.82) is 0 Å². The first-order valence-electron chi connectivity index (χ1n) is 7.85. The molecular weight excluding hydrogens is 314 g/mol. The van der Waals surface area contributed by atoms with Gasteiger partial charge in [-0.15, -0.1) is 12.4 Å². The molecule has 3 rings (SSSR count). The Hall–Kier alpha value is -1.59. The van der Waals surface area contributed by atoms with Crippen LogP contribution < -0.4 is 10.6 Å². The van der Waals surface area contributed by atoms with Crippen LogP contribution in [0.15, 0.2) is 24.3 Å². The van der Waals surface area contributed by atoms with Crippen LogP contribution in [0.5, 0.6) is 0 Å². The van der Waals surface area contributed by atoms with Gasteiger partial charge in [0.1, 0.15) is 0 Å². The Morgan fingerprint density at radius 1 is 1.26 bits per heavy atom. The fourth-order valence-corrected chi connectivity index (χ4v) is 3.41. The van der Waals surface area contributed by atoms with Crippen LogP contribution in [-0.4, -0.2) is 43.9 Å². The molecule has 0 aromatic heterocycles. The fraction of sp³-hybridized carbons (Fsp3) is 0.529. The first-order valence-corrected chi connectivity index (χ1v) is 7.85. The molecule has 2 N–H and O–H groups in total. The Labute approximate surface area is 143 Å². The number of hydrogen-bond acceptors (Lipinski definition) is 3. The topological polar surface area (TPSA) is 61.4 Å². The van der Waals surface area contributed by atoms with Gasteiger partial charge >= 0.3 is 0 Å². The van der Waals surface area contributed by atoms with E-state index in [1.165, 1.54) is 4.90 Å². The van der Waals surface area contributed by atoms with E-state index in [4.69, 9.17) is 0 Å². The Morgan fingerprint density at radius 2 is 1.96 bits per heavy atom. The maximum absolute atomic E-state index is 12.4. The summed E-state index contributed by atoms with van der Waals surface area (Å²) in [6, 6.07) is 7.16. The van der Waals surface area contributed by atoms with E-state index in [0.29, 0.717) is 11.3 Å². The highest BCUT2D eigenvalue weighted by Crippen LogP contribution is 2.58. The van der Waals surface area contributed by atoms with E-state index in [2.05, 4.69) is 10.6 Å². The zero-order valence-corrected chi connectivity index (χ0v) is 14.4. The largest absolute Gasteiger partial charge is 0.345 e. The molecule has 2 fully saturated rings. The molecule has 1 aliphatic carbocycles. The summed E-state index contributed by atoms with van der Waals surface area (Å²) in [6.45, 7) is 2.02. The number of benzene rings is 1. The van der Waals surface area contributed by atoms with Crippen molar-refractivity contribution in [1.82, 2.24) is 10.2 Å². The summed E-state index contributed by atoms with van der Waals surface area (Å²) in [5.41, 5.74) is 1.52. The predicted molar refractivity (Wildman–Crippen MR) is 93.0 cm³/mol. The predicted octanol–water partition coefficient (Wildman–Crippen LogP) is 2.14. The summed E-state index contributed by atoms with van der Waals surface area (Å²) in [4.78, 5) is 25.9. The highest BCUT2D eigenvalue weighted by molar-refractivity contribution is 5.98. The molecule has 0 radical (unpaired) electrons. The van der Waals surface area contributed by atoms with Gasteiger partial charge in [-0.3, -0.25) is 9.59 Å². The Morgan fingerprint density at radius 3 is 2.61 bits per heavy atom. The van der Waals surface area contributed by atoms with Crippen LogP contribution in [0.2, 0.25) is 0 Å². The normalized spacial score (nSPS) is 21.2. The van der Waals surface area contributed by atoms with E-state index >= 15 is 0 Å². The third-order valence-corrected chi connectivity index (χ3v) is 4.89. The number of anilines is 1. The first kappa shape index (κ1) is 17.8. The lowest BCUT2D eigenvalue weighted by molar-refractivity contribution is -0.118. The summed E-state index contributed by atoms with van der Waals surface area (Å²) in [5, 5.41) is 6.33. The summed E-state index contributed by atoms with van der Waals surface area (Å²) >= 11 is 0. The Balaban J connectivity index is 0.00000192. The van der Waals surface area contributed by atoms with Crippen LogP contribution in [0.3, 0.4) is 0 Å². The molecule has 1 spiro atoms. The third-order valence-electron chi connectivity index (χ3n) is 4.89. The molecule has 2 aliphatic rings. The molecule has 1 saturated carbocycles. The molecule has 23 heavy (non-hydrogen) atoms. The Kier molecular flexibility index (Phi) is 5.32. The molecule has 1 aromatic rings. The van der Waals surface area contributed by atoms with Gasteiger partial charge in [0, 0.05) is 31.3 Å². The van der Waals surface area contributed by atoms with Crippen LogP contribution in [0.25, 0.3) is 0 Å². The average Bonchev–Trinajstić information content (AvgIpc) is 3.20. The van der Waals surface area contributed by atoms with Gasteiger partial charge in [0.05, 0.1) is 0 Å². The van der Waals surface area contributed by atoms with Gasteiger partial charge in [0.2, 0.25) is 5.91 Å². The summed E-state index contributed by atoms with van der Waals surface area (Å²) in [5.74, 6) is 0.163. The molecule has 1 aromatic carbocycles. The maximum atomic E-state index is 12.4. The van der Waals surface area contributed by atoms with Gasteiger partial charge in [0.15, 0.2) is 0 Å². The van der Waals surface area contributed by atoms with E-state index in [0.717, 1.165) is 32.4 Å². The molecule has 126 valence electrons. The van der Waals surface area contributed by atoms with Crippen LogP contribution in [0.1, 0.15) is 29.6 Å². The fourth-order valence-electron chi connectivity index (χ4n) is 3.41. The minimum absolute atomic E-state index is 0. The van der Waals surface area contributed by atoms with Crippen molar-refractivity contribution in [2.75, 3.05) is 32.5 Å². The van der Waals surface area contributed by atoms with Crippen molar-refractivity contribution in [2.24, 2.45) is 11.3 Å².